The Morgan fingerprint density at radius 3 is 3.11 bits per heavy atom. The highest BCUT2D eigenvalue weighted by Crippen LogP contribution is 1.81. The molecule has 5 nitrogen and oxygen atoms in total. The Morgan fingerprint density at radius 1 is 1.78 bits per heavy atom. The molecule has 0 aromatic rings. The van der Waals surface area contributed by atoms with E-state index in [0.29, 0.717) is 26.0 Å². The Bertz CT molecular complexity index is 119. The third kappa shape index (κ3) is 6.78. The van der Waals surface area contributed by atoms with Crippen molar-refractivity contribution in [2.45, 2.75) is 6.42 Å². The Labute approximate surface area is 52.2 Å². The Balaban J connectivity index is 2.90. The van der Waals surface area contributed by atoms with Crippen molar-refractivity contribution in [2.24, 2.45) is 5.11 Å². The Morgan fingerprint density at radius 2 is 2.56 bits per heavy atom. The summed E-state index contributed by atoms with van der Waals surface area (Å²) in [5, 5.41) is 3.23. The van der Waals surface area contributed by atoms with Gasteiger partial charge in [0.15, 0.2) is 0 Å². The zero-order valence-corrected chi connectivity index (χ0v) is 4.86. The average molecular weight is 129 g/mol. The van der Waals surface area contributed by atoms with Gasteiger partial charge in [0.05, 0.1) is 6.61 Å². The summed E-state index contributed by atoms with van der Waals surface area (Å²) in [7, 11) is 0. The quantitative estimate of drug-likeness (QED) is 0.181. The first-order valence-electron chi connectivity index (χ1n) is 2.48. The van der Waals surface area contributed by atoms with Gasteiger partial charge < -0.3 is 4.74 Å². The predicted octanol–water partition coefficient (Wildman–Crippen LogP) is 0.860. The van der Waals surface area contributed by atoms with Crippen molar-refractivity contribution in [1.82, 2.24) is 0 Å². The van der Waals surface area contributed by atoms with Crippen molar-refractivity contribution in [3.63, 3.8) is 0 Å². The van der Waals surface area contributed by atoms with Crippen LogP contribution in [0.3, 0.4) is 0 Å². The molecule has 0 aromatic heterocycles. The fourth-order valence-corrected chi connectivity index (χ4v) is 0.311. The molecule has 0 unspecified atom stereocenters. The summed E-state index contributed by atoms with van der Waals surface area (Å²) < 4.78 is 4.32. The molecule has 0 aliphatic heterocycles. The molecule has 0 amide bonds. The lowest BCUT2D eigenvalue weighted by Crippen LogP contribution is -1.92. The number of carbonyl (C=O) groups is 1. The number of ether oxygens (including phenoxy) is 1. The summed E-state index contributed by atoms with van der Waals surface area (Å²) in [4.78, 5) is 12.0. The first kappa shape index (κ1) is 7.78. The van der Waals surface area contributed by atoms with Crippen LogP contribution in [0.15, 0.2) is 5.11 Å². The van der Waals surface area contributed by atoms with E-state index in [4.69, 9.17) is 5.53 Å². The zero-order valence-electron chi connectivity index (χ0n) is 4.86. The zero-order chi connectivity index (χ0) is 6.95. The van der Waals surface area contributed by atoms with Crippen LogP contribution in [-0.4, -0.2) is 19.6 Å². The number of carbonyl (C=O) groups excluding carboxylic acids is 1. The second-order valence-electron chi connectivity index (χ2n) is 1.28. The number of hydrogen-bond donors (Lipinski definition) is 0. The van der Waals surface area contributed by atoms with Crippen molar-refractivity contribution in [1.29, 1.82) is 0 Å². The summed E-state index contributed by atoms with van der Waals surface area (Å²) in [6, 6.07) is 0. The molecule has 0 spiro atoms. The van der Waals surface area contributed by atoms with E-state index in [1.807, 2.05) is 0 Å². The third-order valence-corrected chi connectivity index (χ3v) is 0.652. The van der Waals surface area contributed by atoms with Crippen molar-refractivity contribution in [3.8, 4) is 0 Å². The highest BCUT2D eigenvalue weighted by Gasteiger charge is 1.81. The second-order valence-corrected chi connectivity index (χ2v) is 1.28. The lowest BCUT2D eigenvalue weighted by molar-refractivity contribution is -0.128. The van der Waals surface area contributed by atoms with Gasteiger partial charge in [0, 0.05) is 11.5 Å². The maximum atomic E-state index is 9.51. The average Bonchev–Trinajstić information content (AvgIpc) is 1.89. The molecule has 0 atom stereocenters. The lowest BCUT2D eigenvalue weighted by Gasteiger charge is -1.91. The van der Waals surface area contributed by atoms with Crippen molar-refractivity contribution < 1.29 is 9.53 Å². The highest BCUT2D eigenvalue weighted by molar-refractivity contribution is 5.36. The van der Waals surface area contributed by atoms with Gasteiger partial charge in [-0.1, -0.05) is 5.11 Å². The van der Waals surface area contributed by atoms with Gasteiger partial charge in [0.1, 0.15) is 0 Å². The topological polar surface area (TPSA) is 75.1 Å². The van der Waals surface area contributed by atoms with Crippen LogP contribution < -0.4 is 0 Å². The van der Waals surface area contributed by atoms with Crippen LogP contribution in [0.25, 0.3) is 10.4 Å². The van der Waals surface area contributed by atoms with Gasteiger partial charge in [-0.25, -0.2) is 0 Å². The lowest BCUT2D eigenvalue weighted by atomic mass is 10.5. The molecule has 50 valence electrons. The summed E-state index contributed by atoms with van der Waals surface area (Å²) >= 11 is 0. The molecule has 0 radical (unpaired) electrons. The molecule has 0 aliphatic rings. The van der Waals surface area contributed by atoms with E-state index in [9.17, 15) is 4.79 Å². The SMILES string of the molecule is [N-]=[N+]=NCCCOC=O. The minimum absolute atomic E-state index is 0.322. The van der Waals surface area contributed by atoms with Gasteiger partial charge in [-0.3, -0.25) is 4.79 Å². The smallest absolute Gasteiger partial charge is 0.293 e. The highest BCUT2D eigenvalue weighted by atomic mass is 16.5. The summed E-state index contributed by atoms with van der Waals surface area (Å²) in [5.41, 5.74) is 7.77. The monoisotopic (exact) mass is 129 g/mol. The molecule has 5 heteroatoms. The summed E-state index contributed by atoms with van der Waals surface area (Å²) in [6.07, 6.45) is 0.586. The number of hydrogen-bond acceptors (Lipinski definition) is 3. The van der Waals surface area contributed by atoms with E-state index in [0.717, 1.165) is 0 Å². The van der Waals surface area contributed by atoms with E-state index < -0.39 is 0 Å². The van der Waals surface area contributed by atoms with Crippen LogP contribution in [0.2, 0.25) is 0 Å². The van der Waals surface area contributed by atoms with Gasteiger partial charge in [0.25, 0.3) is 6.47 Å². The van der Waals surface area contributed by atoms with Crippen LogP contribution in [0.5, 0.6) is 0 Å². The molecule has 0 bridgehead atoms. The van der Waals surface area contributed by atoms with E-state index in [-0.39, 0.29) is 0 Å². The van der Waals surface area contributed by atoms with Crippen LogP contribution in [0, 0.1) is 0 Å². The van der Waals surface area contributed by atoms with Gasteiger partial charge in [-0.05, 0) is 12.0 Å². The molecule has 0 rings (SSSR count). The first-order chi connectivity index (χ1) is 4.41. The molecule has 0 fully saturated rings. The number of azide groups is 1. The fraction of sp³-hybridized carbons (Fsp3) is 0.750. The largest absolute Gasteiger partial charge is 0.468 e. The van der Waals surface area contributed by atoms with Crippen LogP contribution >= 0.6 is 0 Å². The normalized spacial score (nSPS) is 7.56. The van der Waals surface area contributed by atoms with Crippen LogP contribution in [0.1, 0.15) is 6.42 Å². The molecule has 0 saturated heterocycles. The first-order valence-corrected chi connectivity index (χ1v) is 2.48. The van der Waals surface area contributed by atoms with Crippen molar-refractivity contribution >= 4 is 6.47 Å². The third-order valence-electron chi connectivity index (χ3n) is 0.652. The molecule has 9 heavy (non-hydrogen) atoms. The minimum atomic E-state index is 0.322. The molecule has 0 aromatic carbocycles. The van der Waals surface area contributed by atoms with Crippen molar-refractivity contribution in [3.05, 3.63) is 10.4 Å². The Kier molecular flexibility index (Phi) is 5.86. The molecular formula is C4H7N3O2. The van der Waals surface area contributed by atoms with Crippen molar-refractivity contribution in [2.75, 3.05) is 13.2 Å². The summed E-state index contributed by atoms with van der Waals surface area (Å²) in [6.45, 7) is 1.07. The van der Waals surface area contributed by atoms with Gasteiger partial charge in [-0.2, -0.15) is 0 Å². The standard InChI is InChI=1S/C4H7N3O2/c5-7-6-2-1-3-9-4-8/h4H,1-3H2. The van der Waals surface area contributed by atoms with Crippen LogP contribution in [-0.2, 0) is 9.53 Å². The molecule has 0 saturated carbocycles. The predicted molar refractivity (Wildman–Crippen MR) is 30.6 cm³/mol. The summed E-state index contributed by atoms with van der Waals surface area (Å²) in [5.74, 6) is 0. The maximum Gasteiger partial charge on any atom is 0.293 e. The molecular weight excluding hydrogens is 122 g/mol. The van der Waals surface area contributed by atoms with E-state index in [1.54, 1.807) is 0 Å². The van der Waals surface area contributed by atoms with Gasteiger partial charge in [0.2, 0.25) is 0 Å². The molecule has 0 aliphatic carbocycles. The van der Waals surface area contributed by atoms with E-state index >= 15 is 0 Å². The number of nitrogens with zero attached hydrogens (tertiary/aromatic N) is 3. The molecule has 0 heterocycles. The molecule has 0 N–H and O–H groups in total. The maximum absolute atomic E-state index is 9.51. The van der Waals surface area contributed by atoms with Crippen LogP contribution in [0.4, 0.5) is 0 Å². The minimum Gasteiger partial charge on any atom is -0.468 e. The van der Waals surface area contributed by atoms with Gasteiger partial charge in [-0.15, -0.1) is 0 Å². The Hall–Kier alpha value is -1.22. The fourth-order valence-electron chi connectivity index (χ4n) is 0.311. The van der Waals surface area contributed by atoms with E-state index in [2.05, 4.69) is 14.8 Å². The van der Waals surface area contributed by atoms with E-state index in [1.165, 1.54) is 0 Å². The van der Waals surface area contributed by atoms with Gasteiger partial charge >= 0.3 is 0 Å². The second kappa shape index (κ2) is 6.78. The number of rotatable bonds is 5.